The van der Waals surface area contributed by atoms with E-state index in [1.54, 1.807) is 0 Å². The molecule has 0 aliphatic rings. The number of nitrogens with zero attached hydrogens (tertiary/aromatic N) is 1. The van der Waals surface area contributed by atoms with Gasteiger partial charge in [-0.05, 0) is 18.1 Å². The van der Waals surface area contributed by atoms with Crippen LogP contribution in [0.1, 0.15) is 18.2 Å². The van der Waals surface area contributed by atoms with E-state index in [2.05, 4.69) is 35.4 Å². The molecule has 1 aromatic carbocycles. The number of nitrogens with two attached hydrogens (primary N) is 1. The first-order valence-corrected chi connectivity index (χ1v) is 6.19. The quantitative estimate of drug-likeness (QED) is 0.853. The topological polar surface area (TPSA) is 50.9 Å². The van der Waals surface area contributed by atoms with Crippen molar-refractivity contribution in [3.05, 3.63) is 40.9 Å². The molecule has 3 N–H and O–H groups in total. The van der Waals surface area contributed by atoms with E-state index in [1.165, 1.54) is 22.6 Å². The van der Waals surface area contributed by atoms with E-state index in [0.29, 0.717) is 5.13 Å². The Balaban J connectivity index is 2.04. The maximum atomic E-state index is 5.58. The van der Waals surface area contributed by atoms with Crippen LogP contribution in [0, 0.1) is 0 Å². The summed E-state index contributed by atoms with van der Waals surface area (Å²) in [5.74, 6) is 0. The van der Waals surface area contributed by atoms with E-state index in [-0.39, 0.29) is 0 Å². The van der Waals surface area contributed by atoms with Crippen LogP contribution in [0.3, 0.4) is 0 Å². The lowest BCUT2D eigenvalue weighted by Crippen LogP contribution is -2.02. The molecule has 84 valence electrons. The summed E-state index contributed by atoms with van der Waals surface area (Å²) in [5, 5.41) is 5.99. The molecule has 0 radical (unpaired) electrons. The summed E-state index contributed by atoms with van der Waals surface area (Å²) in [7, 11) is 0. The summed E-state index contributed by atoms with van der Waals surface area (Å²) in [6, 6.07) is 8.33. The first-order chi connectivity index (χ1) is 7.79. The molecule has 0 aliphatic carbocycles. The smallest absolute Gasteiger partial charge is 0.180 e. The molecule has 0 aliphatic heterocycles. The van der Waals surface area contributed by atoms with Gasteiger partial charge in [0.15, 0.2) is 5.13 Å². The molecule has 2 rings (SSSR count). The number of para-hydroxylation sites is 1. The Morgan fingerprint density at radius 2 is 2.19 bits per heavy atom. The fraction of sp³-hybridized carbons (Fsp3) is 0.250. The summed E-state index contributed by atoms with van der Waals surface area (Å²) in [4.78, 5) is 4.22. The van der Waals surface area contributed by atoms with Crippen molar-refractivity contribution in [2.24, 2.45) is 0 Å². The van der Waals surface area contributed by atoms with Crippen molar-refractivity contribution in [2.45, 2.75) is 19.9 Å². The van der Waals surface area contributed by atoms with E-state index in [1.807, 2.05) is 11.4 Å². The Morgan fingerprint density at radius 3 is 2.88 bits per heavy atom. The van der Waals surface area contributed by atoms with Crippen molar-refractivity contribution < 1.29 is 0 Å². The van der Waals surface area contributed by atoms with E-state index in [9.17, 15) is 0 Å². The lowest BCUT2D eigenvalue weighted by molar-refractivity contribution is 1.05. The van der Waals surface area contributed by atoms with Crippen molar-refractivity contribution in [2.75, 3.05) is 11.1 Å². The number of hydrogen-bond acceptors (Lipinski definition) is 4. The molecule has 0 saturated heterocycles. The van der Waals surface area contributed by atoms with E-state index in [4.69, 9.17) is 5.73 Å². The monoisotopic (exact) mass is 233 g/mol. The zero-order chi connectivity index (χ0) is 11.4. The van der Waals surface area contributed by atoms with Crippen LogP contribution in [0.25, 0.3) is 0 Å². The number of aromatic nitrogens is 1. The molecule has 0 saturated carbocycles. The minimum absolute atomic E-state index is 0.626. The Kier molecular flexibility index (Phi) is 3.41. The van der Waals surface area contributed by atoms with Gasteiger partial charge in [-0.2, -0.15) is 0 Å². The van der Waals surface area contributed by atoms with Gasteiger partial charge in [0.2, 0.25) is 0 Å². The van der Waals surface area contributed by atoms with Gasteiger partial charge in [0, 0.05) is 11.1 Å². The first kappa shape index (κ1) is 11.0. The summed E-state index contributed by atoms with van der Waals surface area (Å²) >= 11 is 1.48. The zero-order valence-corrected chi connectivity index (χ0v) is 10.1. The minimum atomic E-state index is 0.626. The van der Waals surface area contributed by atoms with Crippen LogP contribution < -0.4 is 11.1 Å². The Morgan fingerprint density at radius 1 is 1.38 bits per heavy atom. The third-order valence-corrected chi connectivity index (χ3v) is 3.15. The van der Waals surface area contributed by atoms with Crippen molar-refractivity contribution in [1.82, 2.24) is 4.98 Å². The maximum absolute atomic E-state index is 5.58. The van der Waals surface area contributed by atoms with Crippen LogP contribution in [0.4, 0.5) is 10.8 Å². The SMILES string of the molecule is CCc1ccccc1NCc1csc(N)n1. The predicted molar refractivity (Wildman–Crippen MR) is 69.7 cm³/mol. The van der Waals surface area contributed by atoms with Crippen LogP contribution in [0.15, 0.2) is 29.6 Å². The predicted octanol–water partition coefficient (Wildman–Crippen LogP) is 2.90. The molecule has 0 unspecified atom stereocenters. The molecular weight excluding hydrogens is 218 g/mol. The summed E-state index contributed by atoms with van der Waals surface area (Å²) in [5.41, 5.74) is 9.08. The minimum Gasteiger partial charge on any atom is -0.379 e. The molecule has 1 heterocycles. The number of nitrogen functional groups attached to an aromatic ring is 1. The lowest BCUT2D eigenvalue weighted by Gasteiger charge is -2.09. The summed E-state index contributed by atoms with van der Waals surface area (Å²) in [6.45, 7) is 2.88. The zero-order valence-electron chi connectivity index (χ0n) is 9.23. The molecule has 0 amide bonds. The number of benzene rings is 1. The molecule has 2 aromatic rings. The maximum Gasteiger partial charge on any atom is 0.180 e. The first-order valence-electron chi connectivity index (χ1n) is 5.31. The average molecular weight is 233 g/mol. The number of nitrogens with one attached hydrogen (secondary N) is 1. The van der Waals surface area contributed by atoms with Gasteiger partial charge >= 0.3 is 0 Å². The van der Waals surface area contributed by atoms with Crippen LogP contribution >= 0.6 is 11.3 Å². The number of rotatable bonds is 4. The molecule has 1 aromatic heterocycles. The highest BCUT2D eigenvalue weighted by molar-refractivity contribution is 7.13. The van der Waals surface area contributed by atoms with Gasteiger partial charge in [-0.1, -0.05) is 25.1 Å². The largest absolute Gasteiger partial charge is 0.379 e. The molecular formula is C12H15N3S. The van der Waals surface area contributed by atoms with Gasteiger partial charge in [0.25, 0.3) is 0 Å². The van der Waals surface area contributed by atoms with Gasteiger partial charge in [0.1, 0.15) is 0 Å². The third-order valence-electron chi connectivity index (χ3n) is 2.43. The van der Waals surface area contributed by atoms with Gasteiger partial charge < -0.3 is 11.1 Å². The number of aryl methyl sites for hydroxylation is 1. The fourth-order valence-corrected chi connectivity index (χ4v) is 2.15. The van der Waals surface area contributed by atoms with Gasteiger partial charge in [-0.15, -0.1) is 11.3 Å². The number of thiazole rings is 1. The normalized spacial score (nSPS) is 10.3. The Labute approximate surface area is 99.3 Å². The van der Waals surface area contributed by atoms with E-state index >= 15 is 0 Å². The Hall–Kier alpha value is -1.55. The summed E-state index contributed by atoms with van der Waals surface area (Å²) in [6.07, 6.45) is 1.03. The second-order valence-corrected chi connectivity index (χ2v) is 4.43. The molecule has 0 fully saturated rings. The van der Waals surface area contributed by atoms with Crippen molar-refractivity contribution in [3.8, 4) is 0 Å². The Bertz CT molecular complexity index is 465. The van der Waals surface area contributed by atoms with Crippen LogP contribution in [0.5, 0.6) is 0 Å². The molecule has 0 bridgehead atoms. The molecule has 16 heavy (non-hydrogen) atoms. The molecule has 3 nitrogen and oxygen atoms in total. The molecule has 0 spiro atoms. The van der Waals surface area contributed by atoms with Crippen molar-refractivity contribution in [3.63, 3.8) is 0 Å². The van der Waals surface area contributed by atoms with E-state index in [0.717, 1.165) is 18.7 Å². The lowest BCUT2D eigenvalue weighted by atomic mass is 10.1. The number of hydrogen-bond donors (Lipinski definition) is 2. The van der Waals surface area contributed by atoms with Gasteiger partial charge in [-0.3, -0.25) is 0 Å². The second kappa shape index (κ2) is 4.99. The van der Waals surface area contributed by atoms with Crippen LogP contribution in [-0.4, -0.2) is 4.98 Å². The van der Waals surface area contributed by atoms with E-state index < -0.39 is 0 Å². The van der Waals surface area contributed by atoms with Crippen molar-refractivity contribution in [1.29, 1.82) is 0 Å². The van der Waals surface area contributed by atoms with Gasteiger partial charge in [-0.25, -0.2) is 4.98 Å². The second-order valence-electron chi connectivity index (χ2n) is 3.54. The molecule has 4 heteroatoms. The number of anilines is 2. The highest BCUT2D eigenvalue weighted by Gasteiger charge is 2.01. The van der Waals surface area contributed by atoms with Crippen LogP contribution in [-0.2, 0) is 13.0 Å². The average Bonchev–Trinajstić information content (AvgIpc) is 2.73. The highest BCUT2D eigenvalue weighted by atomic mass is 32.1. The third kappa shape index (κ3) is 2.52. The molecule has 0 atom stereocenters. The fourth-order valence-electron chi connectivity index (χ4n) is 1.59. The summed E-state index contributed by atoms with van der Waals surface area (Å²) < 4.78 is 0. The standard InChI is InChI=1S/C12H15N3S/c1-2-9-5-3-4-6-11(9)14-7-10-8-16-12(13)15-10/h3-6,8,14H,2,7H2,1H3,(H2,13,15). The van der Waals surface area contributed by atoms with Gasteiger partial charge in [0.05, 0.1) is 12.2 Å². The van der Waals surface area contributed by atoms with Crippen LogP contribution in [0.2, 0.25) is 0 Å². The van der Waals surface area contributed by atoms with Crippen molar-refractivity contribution >= 4 is 22.2 Å². The highest BCUT2D eigenvalue weighted by Crippen LogP contribution is 2.17.